The van der Waals surface area contributed by atoms with Crippen molar-refractivity contribution in [2.45, 2.75) is 19.0 Å². The Morgan fingerprint density at radius 3 is 2.72 bits per heavy atom. The summed E-state index contributed by atoms with van der Waals surface area (Å²) in [5, 5.41) is 18.5. The summed E-state index contributed by atoms with van der Waals surface area (Å²) in [5.41, 5.74) is -0.272. The molecule has 0 saturated heterocycles. The standard InChI is InChI=1S/C22H19ClF2N8O3/c23-17-9-29-20(30-11-22(24,25)19-16(34)6-3-7-27-19)21(36)32(17)10-18(35)28-8-14-4-1-2-5-15(14)33-13-26-12-31-33/h1-7,9,12-13,34H,8,10-11H2,(H,28,35)(H,29,30). The minimum absolute atomic E-state index is 0.122. The van der Waals surface area contributed by atoms with Gasteiger partial charge >= 0.3 is 5.92 Å². The van der Waals surface area contributed by atoms with E-state index in [2.05, 4.69) is 30.7 Å². The fourth-order valence-corrected chi connectivity index (χ4v) is 3.49. The maximum atomic E-state index is 14.5. The number of benzene rings is 1. The van der Waals surface area contributed by atoms with E-state index in [-0.39, 0.29) is 11.7 Å². The van der Waals surface area contributed by atoms with Crippen LogP contribution in [0.4, 0.5) is 14.6 Å². The molecule has 0 atom stereocenters. The monoisotopic (exact) mass is 516 g/mol. The number of carbonyl (C=O) groups is 1. The number of aromatic hydroxyl groups is 1. The van der Waals surface area contributed by atoms with Gasteiger partial charge in [-0.15, -0.1) is 0 Å². The van der Waals surface area contributed by atoms with Crippen LogP contribution in [0.1, 0.15) is 11.3 Å². The normalized spacial score (nSPS) is 11.3. The Bertz CT molecular complexity index is 1430. The number of nitrogens with zero attached hydrogens (tertiary/aromatic N) is 6. The van der Waals surface area contributed by atoms with Crippen LogP contribution in [0.3, 0.4) is 0 Å². The fourth-order valence-electron chi connectivity index (χ4n) is 3.30. The Balaban J connectivity index is 1.44. The molecule has 36 heavy (non-hydrogen) atoms. The zero-order chi connectivity index (χ0) is 25.7. The van der Waals surface area contributed by atoms with Crippen molar-refractivity contribution in [3.8, 4) is 11.4 Å². The van der Waals surface area contributed by atoms with E-state index >= 15 is 0 Å². The SMILES string of the molecule is O=C(Cn1c(Cl)cnc(NCC(F)(F)c2ncccc2O)c1=O)NCc1ccccc1-n1cncn1. The van der Waals surface area contributed by atoms with Crippen molar-refractivity contribution < 1.29 is 18.7 Å². The molecule has 3 heterocycles. The predicted molar refractivity (Wildman–Crippen MR) is 125 cm³/mol. The second-order valence-corrected chi connectivity index (χ2v) is 7.88. The van der Waals surface area contributed by atoms with Crippen LogP contribution in [-0.4, -0.2) is 46.9 Å². The minimum atomic E-state index is -3.61. The topological polar surface area (TPSA) is 140 Å². The molecule has 186 valence electrons. The third kappa shape index (κ3) is 5.46. The van der Waals surface area contributed by atoms with Gasteiger partial charge in [0.15, 0.2) is 11.5 Å². The number of halogens is 3. The number of amides is 1. The molecule has 0 radical (unpaired) electrons. The molecule has 0 fully saturated rings. The van der Waals surface area contributed by atoms with Crippen LogP contribution in [-0.2, 0) is 23.8 Å². The van der Waals surface area contributed by atoms with Crippen LogP contribution in [0.15, 0.2) is 66.2 Å². The fraction of sp³-hybridized carbons (Fsp3) is 0.182. The van der Waals surface area contributed by atoms with E-state index in [4.69, 9.17) is 11.6 Å². The molecule has 3 N–H and O–H groups in total. The van der Waals surface area contributed by atoms with Gasteiger partial charge in [-0.1, -0.05) is 29.8 Å². The Morgan fingerprint density at radius 2 is 1.97 bits per heavy atom. The van der Waals surface area contributed by atoms with E-state index in [1.54, 1.807) is 22.9 Å². The molecular weight excluding hydrogens is 498 g/mol. The quantitative estimate of drug-likeness (QED) is 0.307. The summed E-state index contributed by atoms with van der Waals surface area (Å²) >= 11 is 6.05. The highest BCUT2D eigenvalue weighted by molar-refractivity contribution is 6.29. The van der Waals surface area contributed by atoms with Gasteiger partial charge in [-0.3, -0.25) is 19.1 Å². The lowest BCUT2D eigenvalue weighted by molar-refractivity contribution is -0.121. The number of carbonyl (C=O) groups excluding carboxylic acids is 1. The number of rotatable bonds is 9. The summed E-state index contributed by atoms with van der Waals surface area (Å²) in [7, 11) is 0. The van der Waals surface area contributed by atoms with E-state index in [0.717, 1.165) is 28.6 Å². The summed E-state index contributed by atoms with van der Waals surface area (Å²) in [4.78, 5) is 36.5. The highest BCUT2D eigenvalue weighted by Crippen LogP contribution is 2.32. The number of anilines is 1. The summed E-state index contributed by atoms with van der Waals surface area (Å²) < 4.78 is 31.4. The van der Waals surface area contributed by atoms with Crippen LogP contribution in [0.2, 0.25) is 5.15 Å². The van der Waals surface area contributed by atoms with Gasteiger partial charge in [-0.25, -0.2) is 14.6 Å². The molecule has 0 aliphatic rings. The minimum Gasteiger partial charge on any atom is -0.506 e. The second-order valence-electron chi connectivity index (χ2n) is 7.50. The van der Waals surface area contributed by atoms with Gasteiger partial charge in [0.1, 0.15) is 30.1 Å². The number of hydrogen-bond acceptors (Lipinski definition) is 8. The van der Waals surface area contributed by atoms with E-state index in [9.17, 15) is 23.5 Å². The van der Waals surface area contributed by atoms with Gasteiger partial charge in [-0.2, -0.15) is 13.9 Å². The van der Waals surface area contributed by atoms with Crippen molar-refractivity contribution in [1.82, 2.24) is 34.6 Å². The Hall–Kier alpha value is -4.39. The lowest BCUT2D eigenvalue weighted by Gasteiger charge is -2.18. The molecule has 0 bridgehead atoms. The van der Waals surface area contributed by atoms with E-state index in [0.29, 0.717) is 5.69 Å². The van der Waals surface area contributed by atoms with Crippen LogP contribution >= 0.6 is 11.6 Å². The number of alkyl halides is 2. The first-order valence-corrected chi connectivity index (χ1v) is 10.8. The van der Waals surface area contributed by atoms with Crippen molar-refractivity contribution in [1.29, 1.82) is 0 Å². The lowest BCUT2D eigenvalue weighted by Crippen LogP contribution is -2.35. The van der Waals surface area contributed by atoms with Gasteiger partial charge < -0.3 is 15.7 Å². The molecule has 1 amide bonds. The summed E-state index contributed by atoms with van der Waals surface area (Å²) in [6, 6.07) is 9.59. The number of para-hydroxylation sites is 1. The molecule has 4 aromatic rings. The number of hydrogen-bond donors (Lipinski definition) is 3. The van der Waals surface area contributed by atoms with Crippen LogP contribution < -0.4 is 16.2 Å². The predicted octanol–water partition coefficient (Wildman–Crippen LogP) is 2.10. The number of aromatic nitrogens is 6. The van der Waals surface area contributed by atoms with Crippen molar-refractivity contribution in [3.63, 3.8) is 0 Å². The van der Waals surface area contributed by atoms with Crippen molar-refractivity contribution in [2.75, 3.05) is 11.9 Å². The molecule has 11 nitrogen and oxygen atoms in total. The van der Waals surface area contributed by atoms with Crippen molar-refractivity contribution in [2.24, 2.45) is 0 Å². The van der Waals surface area contributed by atoms with Gasteiger partial charge in [0.05, 0.1) is 18.4 Å². The molecule has 0 unspecified atom stereocenters. The van der Waals surface area contributed by atoms with Crippen molar-refractivity contribution >= 4 is 23.3 Å². The highest BCUT2D eigenvalue weighted by Gasteiger charge is 2.36. The first kappa shape index (κ1) is 24.7. The Labute approximate surface area is 207 Å². The lowest BCUT2D eigenvalue weighted by atomic mass is 10.2. The summed E-state index contributed by atoms with van der Waals surface area (Å²) in [6.45, 7) is -1.43. The molecule has 0 spiro atoms. The zero-order valence-corrected chi connectivity index (χ0v) is 19.2. The Morgan fingerprint density at radius 1 is 1.17 bits per heavy atom. The summed E-state index contributed by atoms with van der Waals surface area (Å²) in [6.07, 6.45) is 5.08. The van der Waals surface area contributed by atoms with E-state index in [1.807, 2.05) is 6.07 Å². The first-order chi connectivity index (χ1) is 17.3. The van der Waals surface area contributed by atoms with Gasteiger partial charge in [-0.05, 0) is 23.8 Å². The van der Waals surface area contributed by atoms with E-state index in [1.165, 1.54) is 18.7 Å². The Kier molecular flexibility index (Phi) is 7.20. The first-order valence-electron chi connectivity index (χ1n) is 10.5. The van der Waals surface area contributed by atoms with Crippen LogP contribution in [0.5, 0.6) is 5.75 Å². The van der Waals surface area contributed by atoms with Gasteiger partial charge in [0.2, 0.25) is 5.91 Å². The molecule has 4 rings (SSSR count). The van der Waals surface area contributed by atoms with Crippen molar-refractivity contribution in [3.05, 3.63) is 88.2 Å². The molecule has 0 aliphatic heterocycles. The smallest absolute Gasteiger partial charge is 0.310 e. The largest absolute Gasteiger partial charge is 0.506 e. The third-order valence-electron chi connectivity index (χ3n) is 5.05. The summed E-state index contributed by atoms with van der Waals surface area (Å²) in [5.74, 6) is -5.29. The van der Waals surface area contributed by atoms with Gasteiger partial charge in [0.25, 0.3) is 5.56 Å². The molecule has 0 saturated carbocycles. The zero-order valence-electron chi connectivity index (χ0n) is 18.5. The maximum Gasteiger partial charge on any atom is 0.310 e. The number of pyridine rings is 1. The number of nitrogens with one attached hydrogen (secondary N) is 2. The van der Waals surface area contributed by atoms with Crippen LogP contribution in [0, 0.1) is 0 Å². The average Bonchev–Trinajstić information content (AvgIpc) is 3.40. The molecule has 0 aliphatic carbocycles. The average molecular weight is 517 g/mol. The molecule has 14 heteroatoms. The van der Waals surface area contributed by atoms with E-state index < -0.39 is 47.7 Å². The highest BCUT2D eigenvalue weighted by atomic mass is 35.5. The third-order valence-corrected chi connectivity index (χ3v) is 5.35. The van der Waals surface area contributed by atoms with Crippen LogP contribution in [0.25, 0.3) is 5.69 Å². The van der Waals surface area contributed by atoms with Gasteiger partial charge in [0, 0.05) is 12.7 Å². The second kappa shape index (κ2) is 10.5. The molecule has 1 aromatic carbocycles. The molecular formula is C22H19ClF2N8O3. The molecule has 3 aromatic heterocycles. The maximum absolute atomic E-state index is 14.5.